The highest BCUT2D eigenvalue weighted by Crippen LogP contribution is 2.37. The number of rotatable bonds is 8. The third kappa shape index (κ3) is 5.63. The molecule has 1 saturated heterocycles. The minimum absolute atomic E-state index is 0. The first-order valence-corrected chi connectivity index (χ1v) is 10.5. The van der Waals surface area contributed by atoms with Gasteiger partial charge in [0, 0.05) is 42.2 Å². The molecule has 0 bridgehead atoms. The summed E-state index contributed by atoms with van der Waals surface area (Å²) in [7, 11) is 0. The van der Waals surface area contributed by atoms with Crippen molar-refractivity contribution in [2.45, 2.75) is 13.0 Å². The Morgan fingerprint density at radius 3 is 2.58 bits per heavy atom. The van der Waals surface area contributed by atoms with Crippen LogP contribution in [-0.2, 0) is 22.5 Å². The lowest BCUT2D eigenvalue weighted by molar-refractivity contribution is -0.139. The standard InChI is InChI=1S/C25H25NO6.ClH/c1-2-6-19-24(31-16-22(27)28)18(15-26-9-11-30-12-10-26)13-21-20(14-23(29)32-25(19)21)17-7-4-3-5-8-17;/h2-5,7-8,13-14H,1,6,9-12,15-16H2,(H,27,28);1H. The summed E-state index contributed by atoms with van der Waals surface area (Å²) < 4.78 is 16.8. The average Bonchev–Trinajstić information content (AvgIpc) is 2.80. The first-order valence-electron chi connectivity index (χ1n) is 10.5. The minimum Gasteiger partial charge on any atom is -0.481 e. The number of carbonyl (C=O) groups is 1. The maximum Gasteiger partial charge on any atom is 0.341 e. The molecule has 0 aliphatic carbocycles. The van der Waals surface area contributed by atoms with Gasteiger partial charge in [0.2, 0.25) is 0 Å². The minimum atomic E-state index is -1.08. The van der Waals surface area contributed by atoms with Gasteiger partial charge in [-0.05, 0) is 23.6 Å². The van der Waals surface area contributed by atoms with E-state index in [0.717, 1.165) is 35.2 Å². The Labute approximate surface area is 197 Å². The zero-order chi connectivity index (χ0) is 22.5. The van der Waals surface area contributed by atoms with Gasteiger partial charge in [-0.25, -0.2) is 9.59 Å². The van der Waals surface area contributed by atoms with Gasteiger partial charge in [0.15, 0.2) is 6.61 Å². The van der Waals surface area contributed by atoms with E-state index in [1.165, 1.54) is 6.07 Å². The molecule has 1 aromatic heterocycles. The van der Waals surface area contributed by atoms with Crippen molar-refractivity contribution in [3.8, 4) is 16.9 Å². The predicted octanol–water partition coefficient (Wildman–Crippen LogP) is 3.91. The highest BCUT2D eigenvalue weighted by molar-refractivity contribution is 5.96. The molecule has 8 heteroatoms. The van der Waals surface area contributed by atoms with E-state index >= 15 is 0 Å². The number of aliphatic carboxylic acids is 1. The molecule has 0 amide bonds. The van der Waals surface area contributed by atoms with Crippen LogP contribution in [0.2, 0.25) is 0 Å². The summed E-state index contributed by atoms with van der Waals surface area (Å²) in [5.41, 5.74) is 3.02. The molecule has 4 rings (SSSR count). The molecule has 1 fully saturated rings. The number of carboxylic acid groups (broad SMARTS) is 1. The van der Waals surface area contributed by atoms with Gasteiger partial charge in [-0.2, -0.15) is 0 Å². The Hall–Kier alpha value is -3.13. The molecule has 2 heterocycles. The molecule has 174 valence electrons. The summed E-state index contributed by atoms with van der Waals surface area (Å²) in [4.78, 5) is 26.0. The smallest absolute Gasteiger partial charge is 0.341 e. The van der Waals surface area contributed by atoms with Crippen LogP contribution in [0.5, 0.6) is 5.75 Å². The zero-order valence-electron chi connectivity index (χ0n) is 18.1. The van der Waals surface area contributed by atoms with Gasteiger partial charge >= 0.3 is 11.6 Å². The van der Waals surface area contributed by atoms with E-state index < -0.39 is 18.2 Å². The van der Waals surface area contributed by atoms with Crippen molar-refractivity contribution in [1.82, 2.24) is 4.90 Å². The van der Waals surface area contributed by atoms with Crippen LogP contribution in [0.4, 0.5) is 0 Å². The van der Waals surface area contributed by atoms with Crippen molar-refractivity contribution < 1.29 is 23.8 Å². The van der Waals surface area contributed by atoms with Crippen LogP contribution >= 0.6 is 12.4 Å². The van der Waals surface area contributed by atoms with Crippen molar-refractivity contribution in [1.29, 1.82) is 0 Å². The Morgan fingerprint density at radius 2 is 1.91 bits per heavy atom. The molecule has 1 aliphatic rings. The number of hydrogen-bond donors (Lipinski definition) is 1. The van der Waals surface area contributed by atoms with Crippen LogP contribution in [0.15, 0.2) is 64.3 Å². The van der Waals surface area contributed by atoms with Gasteiger partial charge in [-0.1, -0.05) is 36.4 Å². The summed E-state index contributed by atoms with van der Waals surface area (Å²) >= 11 is 0. The maximum atomic E-state index is 12.5. The molecule has 1 aliphatic heterocycles. The van der Waals surface area contributed by atoms with Crippen molar-refractivity contribution in [2.75, 3.05) is 32.9 Å². The van der Waals surface area contributed by atoms with E-state index in [0.29, 0.717) is 43.1 Å². The quantitative estimate of drug-likeness (QED) is 0.393. The van der Waals surface area contributed by atoms with Crippen LogP contribution in [0, 0.1) is 0 Å². The lowest BCUT2D eigenvalue weighted by atomic mass is 9.95. The largest absolute Gasteiger partial charge is 0.481 e. The fourth-order valence-corrected chi connectivity index (χ4v) is 4.02. The van der Waals surface area contributed by atoms with E-state index in [2.05, 4.69) is 11.5 Å². The summed E-state index contributed by atoms with van der Waals surface area (Å²) in [5.74, 6) is -0.647. The van der Waals surface area contributed by atoms with Crippen molar-refractivity contribution in [2.24, 2.45) is 0 Å². The topological polar surface area (TPSA) is 89.2 Å². The van der Waals surface area contributed by atoms with Crippen LogP contribution in [0.25, 0.3) is 22.1 Å². The molecule has 1 N–H and O–H groups in total. The molecule has 0 unspecified atom stereocenters. The summed E-state index contributed by atoms with van der Waals surface area (Å²) in [5, 5.41) is 9.99. The third-order valence-electron chi connectivity index (χ3n) is 5.43. The van der Waals surface area contributed by atoms with Gasteiger partial charge in [0.05, 0.1) is 13.2 Å². The molecular formula is C25H26ClNO6. The molecule has 0 radical (unpaired) electrons. The number of morpholine rings is 1. The van der Waals surface area contributed by atoms with Crippen LogP contribution in [0.1, 0.15) is 11.1 Å². The van der Waals surface area contributed by atoms with E-state index in [-0.39, 0.29) is 12.4 Å². The lowest BCUT2D eigenvalue weighted by Crippen LogP contribution is -2.35. The fraction of sp³-hybridized carbons (Fsp3) is 0.280. The lowest BCUT2D eigenvalue weighted by Gasteiger charge is -2.28. The Kier molecular flexibility index (Phi) is 8.27. The third-order valence-corrected chi connectivity index (χ3v) is 5.43. The second-order valence-electron chi connectivity index (χ2n) is 7.63. The number of nitrogens with zero attached hydrogens (tertiary/aromatic N) is 1. The van der Waals surface area contributed by atoms with Crippen LogP contribution in [0.3, 0.4) is 0 Å². The van der Waals surface area contributed by atoms with Crippen molar-refractivity contribution in [3.05, 3.63) is 76.7 Å². The second kappa shape index (κ2) is 11.1. The van der Waals surface area contributed by atoms with Crippen LogP contribution < -0.4 is 10.4 Å². The zero-order valence-corrected chi connectivity index (χ0v) is 18.9. The van der Waals surface area contributed by atoms with Crippen molar-refractivity contribution >= 4 is 29.3 Å². The van der Waals surface area contributed by atoms with E-state index in [4.69, 9.17) is 13.9 Å². The van der Waals surface area contributed by atoms with Gasteiger partial charge in [0.25, 0.3) is 0 Å². The van der Waals surface area contributed by atoms with Gasteiger partial charge in [0.1, 0.15) is 11.3 Å². The fourth-order valence-electron chi connectivity index (χ4n) is 4.02. The highest BCUT2D eigenvalue weighted by Gasteiger charge is 2.22. The number of allylic oxidation sites excluding steroid dienone is 1. The van der Waals surface area contributed by atoms with Gasteiger partial charge in [-0.15, -0.1) is 19.0 Å². The molecule has 7 nitrogen and oxygen atoms in total. The second-order valence-corrected chi connectivity index (χ2v) is 7.63. The van der Waals surface area contributed by atoms with E-state index in [1.807, 2.05) is 36.4 Å². The number of hydrogen-bond acceptors (Lipinski definition) is 6. The number of carboxylic acids is 1. The molecule has 0 saturated carbocycles. The molecule has 3 aromatic rings. The number of halogens is 1. The number of fused-ring (bicyclic) bond motifs is 1. The number of benzene rings is 2. The summed E-state index contributed by atoms with van der Waals surface area (Å²) in [6.45, 7) is 6.71. The predicted molar refractivity (Wildman–Crippen MR) is 128 cm³/mol. The van der Waals surface area contributed by atoms with E-state index in [9.17, 15) is 14.7 Å². The Morgan fingerprint density at radius 1 is 1.18 bits per heavy atom. The molecule has 0 spiro atoms. The maximum absolute atomic E-state index is 12.5. The molecule has 2 aromatic carbocycles. The SMILES string of the molecule is C=CCc1c(OCC(=O)O)c(CN2CCOCC2)cc2c(-c3ccccc3)cc(=O)oc12.Cl. The Bertz CT molecular complexity index is 1180. The molecule has 0 atom stereocenters. The van der Waals surface area contributed by atoms with Crippen molar-refractivity contribution in [3.63, 3.8) is 0 Å². The summed E-state index contributed by atoms with van der Waals surface area (Å²) in [6.07, 6.45) is 2.06. The number of ether oxygens (including phenoxy) is 2. The normalized spacial score (nSPS) is 13.9. The van der Waals surface area contributed by atoms with Crippen LogP contribution in [-0.4, -0.2) is 48.9 Å². The summed E-state index contributed by atoms with van der Waals surface area (Å²) in [6, 6.07) is 13.1. The van der Waals surface area contributed by atoms with E-state index in [1.54, 1.807) is 6.08 Å². The molecule has 33 heavy (non-hydrogen) atoms. The van der Waals surface area contributed by atoms with Gasteiger partial charge < -0.3 is 19.0 Å². The average molecular weight is 472 g/mol. The first kappa shape index (κ1) is 24.5. The first-order chi connectivity index (χ1) is 15.6. The monoisotopic (exact) mass is 471 g/mol. The highest BCUT2D eigenvalue weighted by atomic mass is 35.5. The molecular weight excluding hydrogens is 446 g/mol. The van der Waals surface area contributed by atoms with Gasteiger partial charge in [-0.3, -0.25) is 4.90 Å². The Balaban J connectivity index is 0.00000306.